The molecule has 0 amide bonds. The van der Waals surface area contributed by atoms with E-state index in [0.717, 1.165) is 44.3 Å². The summed E-state index contributed by atoms with van der Waals surface area (Å²) in [6.07, 6.45) is 6.24. The minimum absolute atomic E-state index is 0.0296. The van der Waals surface area contributed by atoms with Gasteiger partial charge in [0.05, 0.1) is 13.2 Å². The maximum Gasteiger partial charge on any atom is 0.305 e. The molecule has 2 saturated carbocycles. The molecule has 4 nitrogen and oxygen atoms in total. The first-order chi connectivity index (χ1) is 16.0. The fraction of sp³-hybridized carbons (Fsp3) is 0.552. The third-order valence-electron chi connectivity index (χ3n) is 8.98. The van der Waals surface area contributed by atoms with Crippen LogP contribution in [0, 0.1) is 23.2 Å². The number of esters is 1. The largest absolute Gasteiger partial charge is 0.489 e. The molecule has 3 aliphatic rings. The van der Waals surface area contributed by atoms with Crippen molar-refractivity contribution < 1.29 is 19.4 Å². The molecule has 0 bridgehead atoms. The Hall–Kier alpha value is -2.33. The highest BCUT2D eigenvalue weighted by molar-refractivity contribution is 5.69. The van der Waals surface area contributed by atoms with Crippen molar-refractivity contribution >= 4 is 5.97 Å². The second-order valence-corrected chi connectivity index (χ2v) is 10.6. The predicted molar refractivity (Wildman–Crippen MR) is 128 cm³/mol. The van der Waals surface area contributed by atoms with Gasteiger partial charge in [0, 0.05) is 6.42 Å². The molecule has 1 N–H and O–H groups in total. The molecule has 176 valence electrons. The van der Waals surface area contributed by atoms with Crippen molar-refractivity contribution in [3.63, 3.8) is 0 Å². The summed E-state index contributed by atoms with van der Waals surface area (Å²) in [5.74, 6) is 2.80. The number of rotatable bonds is 6. The van der Waals surface area contributed by atoms with Gasteiger partial charge in [-0.1, -0.05) is 43.3 Å². The Morgan fingerprint density at radius 2 is 1.97 bits per heavy atom. The molecule has 0 spiro atoms. The summed E-state index contributed by atoms with van der Waals surface area (Å²) in [5.41, 5.74) is 4.06. The van der Waals surface area contributed by atoms with Crippen molar-refractivity contribution in [2.24, 2.45) is 23.2 Å². The highest BCUT2D eigenvalue weighted by Gasteiger charge is 2.58. The third-order valence-corrected chi connectivity index (χ3v) is 8.98. The number of aliphatic hydroxyl groups excluding tert-OH is 1. The number of hydrogen-bond acceptors (Lipinski definition) is 4. The van der Waals surface area contributed by atoms with Gasteiger partial charge in [0.25, 0.3) is 0 Å². The summed E-state index contributed by atoms with van der Waals surface area (Å²) in [7, 11) is 1.46. The van der Waals surface area contributed by atoms with E-state index < -0.39 is 0 Å². The van der Waals surface area contributed by atoms with Crippen LogP contribution in [0.25, 0.3) is 0 Å². The Bertz CT molecular complexity index is 986. The molecule has 0 aromatic heterocycles. The first-order valence-corrected chi connectivity index (χ1v) is 12.5. The van der Waals surface area contributed by atoms with Crippen LogP contribution in [0.2, 0.25) is 0 Å². The molecule has 0 heterocycles. The van der Waals surface area contributed by atoms with E-state index in [9.17, 15) is 9.90 Å². The Morgan fingerprint density at radius 1 is 1.15 bits per heavy atom. The van der Waals surface area contributed by atoms with Crippen LogP contribution in [-0.2, 0) is 22.6 Å². The van der Waals surface area contributed by atoms with Crippen LogP contribution in [-0.4, -0.2) is 24.3 Å². The van der Waals surface area contributed by atoms with Crippen LogP contribution >= 0.6 is 0 Å². The SMILES string of the molecule is COC(=O)CC[C@@H]1C[C@H](O)C2(C)CCC3c4ccc(OCc5ccccc5)cc4CCC3C12. The van der Waals surface area contributed by atoms with Crippen molar-refractivity contribution in [1.82, 2.24) is 0 Å². The second-order valence-electron chi connectivity index (χ2n) is 10.6. The van der Waals surface area contributed by atoms with E-state index in [1.54, 1.807) is 0 Å². The van der Waals surface area contributed by atoms with Crippen molar-refractivity contribution in [1.29, 1.82) is 0 Å². The number of benzene rings is 2. The zero-order valence-electron chi connectivity index (χ0n) is 19.8. The lowest BCUT2D eigenvalue weighted by Crippen LogP contribution is -2.45. The number of carbonyl (C=O) groups excluding carboxylic acids is 1. The van der Waals surface area contributed by atoms with Crippen LogP contribution in [0.5, 0.6) is 5.75 Å². The molecule has 3 aliphatic carbocycles. The van der Waals surface area contributed by atoms with Crippen molar-refractivity contribution in [2.45, 2.75) is 70.5 Å². The highest BCUT2D eigenvalue weighted by Crippen LogP contribution is 2.63. The normalized spacial score (nSPS) is 32.4. The summed E-state index contributed by atoms with van der Waals surface area (Å²) >= 11 is 0. The van der Waals surface area contributed by atoms with Gasteiger partial charge in [-0.2, -0.15) is 0 Å². The lowest BCUT2D eigenvalue weighted by atomic mass is 9.54. The second kappa shape index (κ2) is 9.13. The van der Waals surface area contributed by atoms with E-state index in [4.69, 9.17) is 9.47 Å². The first kappa shape index (κ1) is 22.5. The smallest absolute Gasteiger partial charge is 0.305 e. The van der Waals surface area contributed by atoms with E-state index in [0.29, 0.717) is 36.7 Å². The molecule has 4 heteroatoms. The van der Waals surface area contributed by atoms with Crippen LogP contribution in [0.15, 0.2) is 48.5 Å². The van der Waals surface area contributed by atoms with E-state index in [2.05, 4.69) is 37.3 Å². The summed E-state index contributed by atoms with van der Waals surface area (Å²) in [6.45, 7) is 2.89. The number of aliphatic hydroxyl groups is 1. The number of hydrogen-bond donors (Lipinski definition) is 1. The maximum atomic E-state index is 11.8. The van der Waals surface area contributed by atoms with Gasteiger partial charge >= 0.3 is 5.97 Å². The highest BCUT2D eigenvalue weighted by atomic mass is 16.5. The van der Waals surface area contributed by atoms with E-state index in [1.165, 1.54) is 23.8 Å². The topological polar surface area (TPSA) is 55.8 Å². The Labute approximate surface area is 197 Å². The van der Waals surface area contributed by atoms with Gasteiger partial charge in [0.2, 0.25) is 0 Å². The molecular formula is C29H36O4. The van der Waals surface area contributed by atoms with Crippen molar-refractivity contribution in [3.8, 4) is 5.75 Å². The van der Waals surface area contributed by atoms with E-state index in [1.807, 2.05) is 18.2 Å². The average Bonchev–Trinajstić information content (AvgIpc) is 3.11. The van der Waals surface area contributed by atoms with E-state index >= 15 is 0 Å². The lowest BCUT2D eigenvalue weighted by molar-refractivity contribution is -0.141. The molecular weight excluding hydrogens is 412 g/mol. The molecule has 0 saturated heterocycles. The van der Waals surface area contributed by atoms with Gasteiger partial charge in [-0.15, -0.1) is 0 Å². The molecule has 0 aliphatic heterocycles. The summed E-state index contributed by atoms with van der Waals surface area (Å²) in [4.78, 5) is 11.8. The fourth-order valence-electron chi connectivity index (χ4n) is 7.35. The summed E-state index contributed by atoms with van der Waals surface area (Å²) < 4.78 is 11.0. The van der Waals surface area contributed by atoms with Gasteiger partial charge in [-0.05, 0) is 96.4 Å². The lowest BCUT2D eigenvalue weighted by Gasteiger charge is -2.51. The van der Waals surface area contributed by atoms with Crippen LogP contribution in [0.3, 0.4) is 0 Å². The Kier molecular flexibility index (Phi) is 6.22. The van der Waals surface area contributed by atoms with E-state index in [-0.39, 0.29) is 17.5 Å². The Balaban J connectivity index is 1.33. The fourth-order valence-corrected chi connectivity index (χ4v) is 7.35. The van der Waals surface area contributed by atoms with Gasteiger partial charge in [-0.25, -0.2) is 0 Å². The van der Waals surface area contributed by atoms with Gasteiger partial charge in [0.1, 0.15) is 12.4 Å². The zero-order chi connectivity index (χ0) is 23.0. The minimum atomic E-state index is -0.263. The van der Waals surface area contributed by atoms with Crippen molar-refractivity contribution in [3.05, 3.63) is 65.2 Å². The van der Waals surface area contributed by atoms with Crippen LogP contribution in [0.4, 0.5) is 0 Å². The number of ether oxygens (including phenoxy) is 2. The first-order valence-electron chi connectivity index (χ1n) is 12.5. The molecule has 2 aromatic rings. The minimum Gasteiger partial charge on any atom is -0.489 e. The predicted octanol–water partition coefficient (Wildman–Crippen LogP) is 5.66. The molecule has 0 radical (unpaired) electrons. The molecule has 4 unspecified atom stereocenters. The van der Waals surface area contributed by atoms with Crippen LogP contribution in [0.1, 0.15) is 68.1 Å². The standard InChI is InChI=1S/C29H36O4/c1-29-15-14-24-23-12-10-22(33-18-19-6-4-3-5-7-19)16-20(23)8-11-25(24)28(29)21(17-26(29)30)9-13-27(31)32-2/h3-7,10,12,16,21,24-26,28,30H,8-9,11,13-15,17-18H2,1-2H3/t21-,24?,25?,26+,28?,29?/m1/s1. The van der Waals surface area contributed by atoms with Gasteiger partial charge in [-0.3, -0.25) is 4.79 Å². The van der Waals surface area contributed by atoms with Crippen molar-refractivity contribution in [2.75, 3.05) is 7.11 Å². The molecule has 2 fully saturated rings. The summed E-state index contributed by atoms with van der Waals surface area (Å²) in [6, 6.07) is 17.0. The molecule has 5 rings (SSSR count). The molecule has 6 atom stereocenters. The summed E-state index contributed by atoms with van der Waals surface area (Å²) in [5, 5.41) is 11.0. The quantitative estimate of drug-likeness (QED) is 0.579. The molecule has 33 heavy (non-hydrogen) atoms. The maximum absolute atomic E-state index is 11.8. The zero-order valence-corrected chi connectivity index (χ0v) is 19.8. The molecule has 2 aromatic carbocycles. The van der Waals surface area contributed by atoms with Crippen LogP contribution < -0.4 is 4.74 Å². The number of fused-ring (bicyclic) bond motifs is 5. The Morgan fingerprint density at radius 3 is 2.76 bits per heavy atom. The number of methoxy groups -OCH3 is 1. The monoisotopic (exact) mass is 448 g/mol. The average molecular weight is 449 g/mol. The number of aryl methyl sites for hydroxylation is 1. The van der Waals surface area contributed by atoms with Gasteiger partial charge < -0.3 is 14.6 Å². The van der Waals surface area contributed by atoms with Gasteiger partial charge in [0.15, 0.2) is 0 Å². The number of carbonyl (C=O) groups is 1. The third kappa shape index (κ3) is 4.19.